The normalized spacial score (nSPS) is 12.6. The van der Waals surface area contributed by atoms with Gasteiger partial charge in [-0.2, -0.15) is 0 Å². The van der Waals surface area contributed by atoms with Gasteiger partial charge in [-0.15, -0.1) is 5.10 Å². The second-order valence-electron chi connectivity index (χ2n) is 6.10. The van der Waals surface area contributed by atoms with E-state index in [0.29, 0.717) is 30.3 Å². The lowest BCUT2D eigenvalue weighted by atomic mass is 10.1. The summed E-state index contributed by atoms with van der Waals surface area (Å²) in [6.45, 7) is 4.80. The summed E-state index contributed by atoms with van der Waals surface area (Å²) in [7, 11) is 1.62. The highest BCUT2D eigenvalue weighted by Crippen LogP contribution is 2.28. The Labute approximate surface area is 155 Å². The summed E-state index contributed by atoms with van der Waals surface area (Å²) in [6.07, 6.45) is 0.702. The number of hydrogen-bond acceptors (Lipinski definition) is 5. The molecule has 0 saturated heterocycles. The van der Waals surface area contributed by atoms with E-state index in [4.69, 9.17) is 4.74 Å². The van der Waals surface area contributed by atoms with Gasteiger partial charge >= 0.3 is 5.69 Å². The van der Waals surface area contributed by atoms with Crippen LogP contribution >= 0.6 is 11.8 Å². The topological polar surface area (TPSA) is 92.8 Å². The summed E-state index contributed by atoms with van der Waals surface area (Å²) in [4.78, 5) is 28.2. The second-order valence-corrected chi connectivity index (χ2v) is 7.41. The third kappa shape index (κ3) is 3.61. The minimum atomic E-state index is -0.371. The first-order chi connectivity index (χ1) is 12.5. The summed E-state index contributed by atoms with van der Waals surface area (Å²) in [5.41, 5.74) is 2.22. The van der Waals surface area contributed by atoms with Crippen LogP contribution in [0, 0.1) is 6.92 Å². The number of benzene rings is 1. The molecule has 1 atom stereocenters. The molecule has 0 unspecified atom stereocenters. The molecule has 0 fully saturated rings. The quantitative estimate of drug-likeness (QED) is 0.359. The number of H-pyrrole nitrogens is 2. The van der Waals surface area contributed by atoms with Gasteiger partial charge in [0.05, 0.1) is 5.25 Å². The fraction of sp³-hybridized carbons (Fsp3) is 0.389. The molecule has 7 nitrogen and oxygen atoms in total. The maximum atomic E-state index is 13.0. The zero-order valence-corrected chi connectivity index (χ0v) is 15.9. The SMILES string of the molecule is COCCCn1c(S[C@H](C)C(=O)c2c(C)[nH]c3ccccc23)n[nH]c1=O. The maximum Gasteiger partial charge on any atom is 0.343 e. The number of methoxy groups -OCH3 is 1. The standard InChI is InChI=1S/C18H22N4O3S/c1-11-15(13-7-4-5-8-14(13)19-11)16(23)12(2)26-18-21-20-17(24)22(18)9-6-10-25-3/h4-5,7-8,12,19H,6,9-10H2,1-3H3,(H,20,24)/t12-/m1/s1. The number of aromatic nitrogens is 4. The Morgan fingerprint density at radius 2 is 2.15 bits per heavy atom. The Morgan fingerprint density at radius 1 is 1.38 bits per heavy atom. The van der Waals surface area contributed by atoms with E-state index in [2.05, 4.69) is 15.2 Å². The van der Waals surface area contributed by atoms with E-state index in [1.807, 2.05) is 38.1 Å². The van der Waals surface area contributed by atoms with Gasteiger partial charge in [-0.3, -0.25) is 9.36 Å². The van der Waals surface area contributed by atoms with Crippen molar-refractivity contribution in [1.82, 2.24) is 19.7 Å². The molecule has 2 heterocycles. The van der Waals surface area contributed by atoms with Crippen molar-refractivity contribution in [1.29, 1.82) is 0 Å². The molecule has 26 heavy (non-hydrogen) atoms. The Hall–Kier alpha value is -2.32. The van der Waals surface area contributed by atoms with Gasteiger partial charge in [0.1, 0.15) is 0 Å². The lowest BCUT2D eigenvalue weighted by Gasteiger charge is -2.11. The first-order valence-electron chi connectivity index (χ1n) is 8.45. The second kappa shape index (κ2) is 7.92. The highest BCUT2D eigenvalue weighted by Gasteiger charge is 2.24. The Bertz CT molecular complexity index is 972. The number of aromatic amines is 2. The first kappa shape index (κ1) is 18.5. The van der Waals surface area contributed by atoms with Crippen molar-refractivity contribution in [3.63, 3.8) is 0 Å². The molecular weight excluding hydrogens is 352 g/mol. The predicted octanol–water partition coefficient (Wildman–Crippen LogP) is 2.76. The van der Waals surface area contributed by atoms with Crippen molar-refractivity contribution in [3.8, 4) is 0 Å². The van der Waals surface area contributed by atoms with Crippen LogP contribution < -0.4 is 5.69 Å². The van der Waals surface area contributed by atoms with Crippen LogP contribution in [0.15, 0.2) is 34.2 Å². The Kier molecular flexibility index (Phi) is 5.63. The van der Waals surface area contributed by atoms with Crippen LogP contribution in [0.5, 0.6) is 0 Å². The predicted molar refractivity (Wildman–Crippen MR) is 102 cm³/mol. The van der Waals surface area contributed by atoms with E-state index in [1.165, 1.54) is 11.8 Å². The van der Waals surface area contributed by atoms with Gasteiger partial charge < -0.3 is 9.72 Å². The van der Waals surface area contributed by atoms with Crippen LogP contribution in [-0.2, 0) is 11.3 Å². The number of carbonyl (C=O) groups is 1. The van der Waals surface area contributed by atoms with Crippen molar-refractivity contribution >= 4 is 28.4 Å². The lowest BCUT2D eigenvalue weighted by Crippen LogP contribution is -2.20. The number of Topliss-reactive ketones (excluding diaryl/α,β-unsaturated/α-hetero) is 1. The summed E-state index contributed by atoms with van der Waals surface area (Å²) in [5.74, 6) is 0.0174. The highest BCUT2D eigenvalue weighted by molar-refractivity contribution is 8.00. The molecule has 0 radical (unpaired) electrons. The smallest absolute Gasteiger partial charge is 0.343 e. The first-order valence-corrected chi connectivity index (χ1v) is 9.33. The monoisotopic (exact) mass is 374 g/mol. The number of carbonyl (C=O) groups excluding carboxylic acids is 1. The van der Waals surface area contributed by atoms with E-state index in [1.54, 1.807) is 11.7 Å². The molecule has 0 amide bonds. The van der Waals surface area contributed by atoms with Gasteiger partial charge in [-0.25, -0.2) is 9.89 Å². The zero-order valence-electron chi connectivity index (χ0n) is 15.0. The molecule has 8 heteroatoms. The van der Waals surface area contributed by atoms with E-state index in [0.717, 1.165) is 16.6 Å². The number of ketones is 1. The van der Waals surface area contributed by atoms with Crippen molar-refractivity contribution < 1.29 is 9.53 Å². The number of ether oxygens (including phenoxy) is 1. The number of thioether (sulfide) groups is 1. The van der Waals surface area contributed by atoms with Gasteiger partial charge in [-0.05, 0) is 26.3 Å². The van der Waals surface area contributed by atoms with Gasteiger partial charge in [0.15, 0.2) is 10.9 Å². The van der Waals surface area contributed by atoms with Crippen molar-refractivity contribution in [2.45, 2.75) is 37.2 Å². The fourth-order valence-corrected chi connectivity index (χ4v) is 3.91. The number of fused-ring (bicyclic) bond motifs is 1. The summed E-state index contributed by atoms with van der Waals surface area (Å²) >= 11 is 1.29. The average molecular weight is 374 g/mol. The van der Waals surface area contributed by atoms with Crippen molar-refractivity contribution in [3.05, 3.63) is 46.0 Å². The van der Waals surface area contributed by atoms with Crippen LogP contribution in [0.3, 0.4) is 0 Å². The molecule has 0 spiro atoms. The summed E-state index contributed by atoms with van der Waals surface area (Å²) in [5, 5.41) is 7.60. The molecule has 3 rings (SSSR count). The third-order valence-corrected chi connectivity index (χ3v) is 5.33. The fourth-order valence-electron chi connectivity index (χ4n) is 2.97. The number of hydrogen-bond donors (Lipinski definition) is 2. The Morgan fingerprint density at radius 3 is 2.92 bits per heavy atom. The Balaban J connectivity index is 1.82. The summed E-state index contributed by atoms with van der Waals surface area (Å²) < 4.78 is 6.58. The molecule has 1 aromatic carbocycles. The maximum absolute atomic E-state index is 13.0. The molecule has 2 aromatic heterocycles. The highest BCUT2D eigenvalue weighted by atomic mass is 32.2. The van der Waals surface area contributed by atoms with Crippen LogP contribution in [0.2, 0.25) is 0 Å². The lowest BCUT2D eigenvalue weighted by molar-refractivity contribution is 0.0995. The van der Waals surface area contributed by atoms with E-state index in [9.17, 15) is 9.59 Å². The number of para-hydroxylation sites is 1. The van der Waals surface area contributed by atoms with Gasteiger partial charge in [0.2, 0.25) is 0 Å². The molecule has 0 aliphatic carbocycles. The molecule has 0 aliphatic heterocycles. The third-order valence-electron chi connectivity index (χ3n) is 4.24. The van der Waals surface area contributed by atoms with Crippen LogP contribution in [-0.4, -0.2) is 44.5 Å². The van der Waals surface area contributed by atoms with Gasteiger partial charge in [0, 0.05) is 42.4 Å². The van der Waals surface area contributed by atoms with E-state index < -0.39 is 0 Å². The molecule has 0 bridgehead atoms. The number of aryl methyl sites for hydroxylation is 1. The molecular formula is C18H22N4O3S. The van der Waals surface area contributed by atoms with Crippen molar-refractivity contribution in [2.24, 2.45) is 0 Å². The molecule has 0 aliphatic rings. The van der Waals surface area contributed by atoms with Gasteiger partial charge in [-0.1, -0.05) is 30.0 Å². The van der Waals surface area contributed by atoms with Crippen LogP contribution in [0.1, 0.15) is 29.4 Å². The molecule has 138 valence electrons. The molecule has 3 aromatic rings. The van der Waals surface area contributed by atoms with E-state index >= 15 is 0 Å². The van der Waals surface area contributed by atoms with Gasteiger partial charge in [0.25, 0.3) is 0 Å². The minimum Gasteiger partial charge on any atom is -0.385 e. The summed E-state index contributed by atoms with van der Waals surface area (Å²) in [6, 6.07) is 7.76. The van der Waals surface area contributed by atoms with Crippen LogP contribution in [0.4, 0.5) is 0 Å². The molecule has 2 N–H and O–H groups in total. The number of rotatable bonds is 8. The van der Waals surface area contributed by atoms with E-state index in [-0.39, 0.29) is 16.7 Å². The minimum absolute atomic E-state index is 0.0174. The number of nitrogens with one attached hydrogen (secondary N) is 2. The number of nitrogens with zero attached hydrogens (tertiary/aromatic N) is 2. The average Bonchev–Trinajstić information content (AvgIpc) is 3.14. The van der Waals surface area contributed by atoms with Crippen molar-refractivity contribution in [2.75, 3.05) is 13.7 Å². The largest absolute Gasteiger partial charge is 0.385 e. The molecule has 0 saturated carbocycles. The van der Waals surface area contributed by atoms with Crippen LogP contribution in [0.25, 0.3) is 10.9 Å². The zero-order chi connectivity index (χ0) is 18.7.